The van der Waals surface area contributed by atoms with Gasteiger partial charge in [-0.1, -0.05) is 12.8 Å². The van der Waals surface area contributed by atoms with Crippen LogP contribution in [0.5, 0.6) is 0 Å². The van der Waals surface area contributed by atoms with E-state index in [4.69, 9.17) is 4.74 Å². The lowest BCUT2D eigenvalue weighted by molar-refractivity contribution is 0.111. The average molecular weight is 308 g/mol. The van der Waals surface area contributed by atoms with Crippen LogP contribution in [0.4, 0.5) is 4.79 Å². The lowest BCUT2D eigenvalue weighted by Gasteiger charge is -2.32. The Morgan fingerprint density at radius 2 is 1.95 bits per heavy atom. The zero-order chi connectivity index (χ0) is 15.2. The smallest absolute Gasteiger partial charge is 0.335 e. The van der Waals surface area contributed by atoms with Crippen LogP contribution in [-0.4, -0.2) is 55.0 Å². The highest BCUT2D eigenvalue weighted by atomic mass is 16.5. The van der Waals surface area contributed by atoms with Crippen molar-refractivity contribution in [2.75, 3.05) is 26.2 Å². The van der Waals surface area contributed by atoms with Crippen molar-refractivity contribution in [2.24, 2.45) is 5.10 Å². The Kier molecular flexibility index (Phi) is 5.67. The Bertz CT molecular complexity index is 391. The molecular weight excluding hydrogens is 280 g/mol. The minimum absolute atomic E-state index is 0.174. The van der Waals surface area contributed by atoms with Gasteiger partial charge in [0.25, 0.3) is 0 Å². The molecule has 2 amide bonds. The zero-order valence-electron chi connectivity index (χ0n) is 13.4. The Hall–Kier alpha value is -1.14. The van der Waals surface area contributed by atoms with E-state index < -0.39 is 0 Å². The van der Waals surface area contributed by atoms with Crippen LogP contribution in [0, 0.1) is 0 Å². The third kappa shape index (κ3) is 4.43. The Balaban J connectivity index is 1.33. The van der Waals surface area contributed by atoms with E-state index in [1.807, 2.05) is 0 Å². The minimum atomic E-state index is -0.221. The second-order valence-electron chi connectivity index (χ2n) is 6.61. The predicted molar refractivity (Wildman–Crippen MR) is 86.0 cm³/mol. The molecule has 22 heavy (non-hydrogen) atoms. The number of ether oxygens (including phenoxy) is 1. The fraction of sp³-hybridized carbons (Fsp3) is 0.875. The maximum atomic E-state index is 11.7. The topological polar surface area (TPSA) is 66.0 Å². The fourth-order valence-corrected chi connectivity index (χ4v) is 3.71. The van der Waals surface area contributed by atoms with Crippen molar-refractivity contribution < 1.29 is 9.53 Å². The quantitative estimate of drug-likeness (QED) is 0.779. The van der Waals surface area contributed by atoms with Crippen LogP contribution in [0.15, 0.2) is 5.10 Å². The van der Waals surface area contributed by atoms with Crippen LogP contribution in [0.1, 0.15) is 51.4 Å². The number of nitrogens with one attached hydrogen (secondary N) is 2. The molecule has 2 heterocycles. The Morgan fingerprint density at radius 3 is 2.64 bits per heavy atom. The summed E-state index contributed by atoms with van der Waals surface area (Å²) in [5.41, 5.74) is 3.74. The van der Waals surface area contributed by atoms with Gasteiger partial charge in [-0.15, -0.1) is 0 Å². The first-order valence-electron chi connectivity index (χ1n) is 8.76. The summed E-state index contributed by atoms with van der Waals surface area (Å²) in [4.78, 5) is 14.3. The highest BCUT2D eigenvalue weighted by Crippen LogP contribution is 2.25. The molecule has 0 spiro atoms. The molecule has 1 aliphatic carbocycles. The summed E-state index contributed by atoms with van der Waals surface area (Å²) in [6.45, 7) is 3.56. The van der Waals surface area contributed by atoms with Gasteiger partial charge in [0.1, 0.15) is 0 Å². The van der Waals surface area contributed by atoms with E-state index in [2.05, 4.69) is 20.7 Å². The number of nitrogens with zero attached hydrogens (tertiary/aromatic N) is 2. The molecule has 0 aromatic heterocycles. The van der Waals surface area contributed by atoms with Gasteiger partial charge in [0.15, 0.2) is 0 Å². The van der Waals surface area contributed by atoms with Gasteiger partial charge in [0, 0.05) is 50.8 Å². The van der Waals surface area contributed by atoms with Gasteiger partial charge < -0.3 is 10.1 Å². The van der Waals surface area contributed by atoms with Crippen LogP contribution >= 0.6 is 0 Å². The molecule has 0 unspecified atom stereocenters. The van der Waals surface area contributed by atoms with Gasteiger partial charge >= 0.3 is 6.03 Å². The SMILES string of the molecule is O=C(NC[C@H]1CCCO1)NN=C1CCN(C2CCCC2)CC1. The van der Waals surface area contributed by atoms with E-state index in [0.717, 1.165) is 57.1 Å². The van der Waals surface area contributed by atoms with E-state index in [0.29, 0.717) is 6.54 Å². The van der Waals surface area contributed by atoms with Crippen molar-refractivity contribution >= 4 is 11.7 Å². The minimum Gasteiger partial charge on any atom is -0.376 e. The number of rotatable bonds is 4. The Morgan fingerprint density at radius 1 is 1.18 bits per heavy atom. The van der Waals surface area contributed by atoms with Gasteiger partial charge in [-0.05, 0) is 25.7 Å². The molecule has 6 heteroatoms. The van der Waals surface area contributed by atoms with Gasteiger partial charge in [0.05, 0.1) is 6.10 Å². The van der Waals surface area contributed by atoms with Crippen LogP contribution in [-0.2, 0) is 4.74 Å². The summed E-state index contributed by atoms with van der Waals surface area (Å²) in [6.07, 6.45) is 9.73. The van der Waals surface area contributed by atoms with E-state index >= 15 is 0 Å². The molecule has 2 saturated heterocycles. The van der Waals surface area contributed by atoms with Crippen LogP contribution in [0.25, 0.3) is 0 Å². The third-order valence-corrected chi connectivity index (χ3v) is 5.05. The summed E-state index contributed by atoms with van der Waals surface area (Å²) < 4.78 is 5.47. The standard InChI is InChI=1S/C16H28N4O2/c21-16(17-12-15-6-3-11-22-15)19-18-13-7-9-20(10-8-13)14-4-1-2-5-14/h14-15H,1-12H2,(H2,17,19,21)/t15-/m1/s1. The number of amides is 2. The summed E-state index contributed by atoms with van der Waals surface area (Å²) in [5.74, 6) is 0. The maximum absolute atomic E-state index is 11.7. The molecule has 0 aromatic carbocycles. The van der Waals surface area contributed by atoms with E-state index in [-0.39, 0.29) is 12.1 Å². The molecule has 3 aliphatic rings. The van der Waals surface area contributed by atoms with Crippen molar-refractivity contribution in [3.8, 4) is 0 Å². The van der Waals surface area contributed by atoms with Crippen molar-refractivity contribution in [1.82, 2.24) is 15.6 Å². The molecule has 1 atom stereocenters. The summed E-state index contributed by atoms with van der Waals surface area (Å²) in [6, 6.07) is 0.574. The number of carbonyl (C=O) groups excluding carboxylic acids is 1. The summed E-state index contributed by atoms with van der Waals surface area (Å²) >= 11 is 0. The normalized spacial score (nSPS) is 27.1. The molecule has 3 rings (SSSR count). The Labute approximate surface area is 132 Å². The molecule has 0 radical (unpaired) electrons. The first-order valence-corrected chi connectivity index (χ1v) is 8.76. The second kappa shape index (κ2) is 7.92. The van der Waals surface area contributed by atoms with Crippen molar-refractivity contribution in [1.29, 1.82) is 0 Å². The number of urea groups is 1. The highest BCUT2D eigenvalue weighted by Gasteiger charge is 2.25. The molecular formula is C16H28N4O2. The number of hydrogen-bond donors (Lipinski definition) is 2. The first kappa shape index (κ1) is 15.7. The number of likely N-dealkylation sites (tertiary alicyclic amines) is 1. The molecule has 2 N–H and O–H groups in total. The van der Waals surface area contributed by atoms with E-state index in [9.17, 15) is 4.79 Å². The van der Waals surface area contributed by atoms with Gasteiger partial charge in [0.2, 0.25) is 0 Å². The molecule has 3 fully saturated rings. The fourth-order valence-electron chi connectivity index (χ4n) is 3.71. The van der Waals surface area contributed by atoms with E-state index in [1.165, 1.54) is 25.7 Å². The number of hydrazone groups is 1. The van der Waals surface area contributed by atoms with E-state index in [1.54, 1.807) is 0 Å². The third-order valence-electron chi connectivity index (χ3n) is 5.05. The van der Waals surface area contributed by atoms with Crippen molar-refractivity contribution in [3.63, 3.8) is 0 Å². The maximum Gasteiger partial charge on any atom is 0.335 e. The molecule has 6 nitrogen and oxygen atoms in total. The summed E-state index contributed by atoms with van der Waals surface area (Å²) in [7, 11) is 0. The lowest BCUT2D eigenvalue weighted by Crippen LogP contribution is -2.41. The molecule has 0 bridgehead atoms. The number of carbonyl (C=O) groups is 1. The largest absolute Gasteiger partial charge is 0.376 e. The van der Waals surface area contributed by atoms with Crippen LogP contribution in [0.2, 0.25) is 0 Å². The predicted octanol–water partition coefficient (Wildman–Crippen LogP) is 1.86. The van der Waals surface area contributed by atoms with Crippen molar-refractivity contribution in [2.45, 2.75) is 63.5 Å². The van der Waals surface area contributed by atoms with Crippen molar-refractivity contribution in [3.05, 3.63) is 0 Å². The van der Waals surface area contributed by atoms with Crippen LogP contribution in [0.3, 0.4) is 0 Å². The van der Waals surface area contributed by atoms with Gasteiger partial charge in [-0.2, -0.15) is 5.10 Å². The molecule has 0 aromatic rings. The van der Waals surface area contributed by atoms with Crippen LogP contribution < -0.4 is 10.7 Å². The monoisotopic (exact) mass is 308 g/mol. The molecule has 2 aliphatic heterocycles. The lowest BCUT2D eigenvalue weighted by atomic mass is 10.1. The first-order chi connectivity index (χ1) is 10.8. The zero-order valence-corrected chi connectivity index (χ0v) is 13.4. The number of piperidine rings is 1. The molecule has 124 valence electrons. The highest BCUT2D eigenvalue weighted by molar-refractivity contribution is 5.87. The second-order valence-corrected chi connectivity index (χ2v) is 6.61. The number of hydrogen-bond acceptors (Lipinski definition) is 4. The van der Waals surface area contributed by atoms with Gasteiger partial charge in [-0.25, -0.2) is 10.2 Å². The molecule has 1 saturated carbocycles. The average Bonchev–Trinajstić information content (AvgIpc) is 3.24. The van der Waals surface area contributed by atoms with Gasteiger partial charge in [-0.3, -0.25) is 4.90 Å². The summed E-state index contributed by atoms with van der Waals surface area (Å²) in [5, 5.41) is 7.10.